The third kappa shape index (κ3) is 2.38. The van der Waals surface area contributed by atoms with Crippen LogP contribution in [0.4, 0.5) is 0 Å². The molecule has 0 radical (unpaired) electrons. The molecule has 1 aromatic rings. The van der Waals surface area contributed by atoms with E-state index in [1.165, 1.54) is 23.3 Å². The first-order valence-electron chi connectivity index (χ1n) is 4.70. The molecule has 1 heterocycles. The van der Waals surface area contributed by atoms with Gasteiger partial charge in [-0.15, -0.1) is 11.8 Å². The third-order valence-corrected chi connectivity index (χ3v) is 3.28. The molecule has 0 unspecified atom stereocenters. The lowest BCUT2D eigenvalue weighted by molar-refractivity contribution is 1.03. The summed E-state index contributed by atoms with van der Waals surface area (Å²) in [5.41, 5.74) is 4.38. The smallest absolute Gasteiger partial charge is 0.00117 e. The molecule has 68 valence electrons. The van der Waals surface area contributed by atoms with Crippen LogP contribution in [-0.4, -0.2) is 5.75 Å². The van der Waals surface area contributed by atoms with Crippen molar-refractivity contribution >= 4 is 11.8 Å². The fourth-order valence-electron chi connectivity index (χ4n) is 1.52. The molecular formula is C12H14S. The molecule has 2 rings (SSSR count). The Labute approximate surface area is 84.0 Å². The molecule has 1 heteroatoms. The second-order valence-electron chi connectivity index (χ2n) is 3.56. The van der Waals surface area contributed by atoms with Gasteiger partial charge in [-0.05, 0) is 30.7 Å². The van der Waals surface area contributed by atoms with Crippen molar-refractivity contribution < 1.29 is 0 Å². The van der Waals surface area contributed by atoms with E-state index >= 15 is 0 Å². The van der Waals surface area contributed by atoms with Gasteiger partial charge in [-0.25, -0.2) is 0 Å². The monoisotopic (exact) mass is 190 g/mol. The zero-order valence-corrected chi connectivity index (χ0v) is 8.73. The van der Waals surface area contributed by atoms with Gasteiger partial charge in [-0.1, -0.05) is 35.4 Å². The molecule has 0 saturated heterocycles. The number of hydrogen-bond donors (Lipinski definition) is 0. The standard InChI is InChI=1S/C12H14S/c1-10-2-4-11(5-3-10)8-12-6-7-13-9-12/h2-5,9H,6-8H2,1H3. The van der Waals surface area contributed by atoms with Gasteiger partial charge in [0.2, 0.25) is 0 Å². The van der Waals surface area contributed by atoms with E-state index in [-0.39, 0.29) is 0 Å². The highest BCUT2D eigenvalue weighted by molar-refractivity contribution is 8.02. The summed E-state index contributed by atoms with van der Waals surface area (Å²) >= 11 is 1.94. The Kier molecular flexibility index (Phi) is 2.74. The number of hydrogen-bond acceptors (Lipinski definition) is 1. The van der Waals surface area contributed by atoms with Crippen molar-refractivity contribution in [3.63, 3.8) is 0 Å². The predicted octanol–water partition coefficient (Wildman–Crippen LogP) is 3.56. The molecule has 0 amide bonds. The predicted molar refractivity (Wildman–Crippen MR) is 60.0 cm³/mol. The van der Waals surface area contributed by atoms with Gasteiger partial charge in [-0.2, -0.15) is 0 Å². The van der Waals surface area contributed by atoms with Crippen molar-refractivity contribution in [2.24, 2.45) is 0 Å². The van der Waals surface area contributed by atoms with Crippen molar-refractivity contribution in [3.05, 3.63) is 46.4 Å². The van der Waals surface area contributed by atoms with Gasteiger partial charge in [0, 0.05) is 5.75 Å². The Morgan fingerprint density at radius 1 is 1.23 bits per heavy atom. The molecule has 1 aliphatic heterocycles. The summed E-state index contributed by atoms with van der Waals surface area (Å²) in [6.45, 7) is 2.13. The van der Waals surface area contributed by atoms with Crippen LogP contribution in [0.1, 0.15) is 17.5 Å². The Hall–Kier alpha value is -0.690. The minimum absolute atomic E-state index is 1.15. The average Bonchev–Trinajstić information content (AvgIpc) is 2.62. The lowest BCUT2D eigenvalue weighted by atomic mass is 10.0. The van der Waals surface area contributed by atoms with Crippen LogP contribution in [0.15, 0.2) is 35.2 Å². The Morgan fingerprint density at radius 3 is 2.62 bits per heavy atom. The fourth-order valence-corrected chi connectivity index (χ4v) is 2.46. The van der Waals surface area contributed by atoms with Crippen molar-refractivity contribution in [3.8, 4) is 0 Å². The van der Waals surface area contributed by atoms with Crippen LogP contribution in [-0.2, 0) is 6.42 Å². The number of allylic oxidation sites excluding steroid dienone is 1. The van der Waals surface area contributed by atoms with E-state index in [9.17, 15) is 0 Å². The van der Waals surface area contributed by atoms with E-state index in [2.05, 4.69) is 36.6 Å². The van der Waals surface area contributed by atoms with E-state index in [0.717, 1.165) is 6.42 Å². The topological polar surface area (TPSA) is 0 Å². The van der Waals surface area contributed by atoms with Crippen LogP contribution in [0.3, 0.4) is 0 Å². The highest BCUT2D eigenvalue weighted by atomic mass is 32.2. The molecule has 0 nitrogen and oxygen atoms in total. The lowest BCUT2D eigenvalue weighted by Crippen LogP contribution is -1.88. The number of benzene rings is 1. The zero-order valence-electron chi connectivity index (χ0n) is 7.92. The molecule has 0 fully saturated rings. The summed E-state index contributed by atoms with van der Waals surface area (Å²) in [4.78, 5) is 0. The van der Waals surface area contributed by atoms with Gasteiger partial charge in [-0.3, -0.25) is 0 Å². The van der Waals surface area contributed by atoms with Gasteiger partial charge >= 0.3 is 0 Å². The lowest BCUT2D eigenvalue weighted by Gasteiger charge is -2.01. The second kappa shape index (κ2) is 4.01. The summed E-state index contributed by atoms with van der Waals surface area (Å²) in [5, 5.41) is 2.32. The van der Waals surface area contributed by atoms with Crippen LogP contribution in [0.2, 0.25) is 0 Å². The largest absolute Gasteiger partial charge is 0.134 e. The summed E-state index contributed by atoms with van der Waals surface area (Å²) < 4.78 is 0. The third-order valence-electron chi connectivity index (χ3n) is 2.34. The molecule has 0 atom stereocenters. The van der Waals surface area contributed by atoms with Crippen LogP contribution in [0, 0.1) is 6.92 Å². The SMILES string of the molecule is Cc1ccc(CC2=CSCC2)cc1. The van der Waals surface area contributed by atoms with Crippen LogP contribution in [0.5, 0.6) is 0 Å². The van der Waals surface area contributed by atoms with Crippen LogP contribution >= 0.6 is 11.8 Å². The van der Waals surface area contributed by atoms with Gasteiger partial charge in [0.05, 0.1) is 0 Å². The number of aryl methyl sites for hydroxylation is 1. The number of rotatable bonds is 2. The highest BCUT2D eigenvalue weighted by Crippen LogP contribution is 2.24. The molecule has 0 N–H and O–H groups in total. The maximum atomic E-state index is 2.32. The van der Waals surface area contributed by atoms with E-state index in [0.29, 0.717) is 0 Å². The first-order chi connectivity index (χ1) is 6.34. The van der Waals surface area contributed by atoms with E-state index in [1.54, 1.807) is 5.57 Å². The maximum Gasteiger partial charge on any atom is 0.00117 e. The molecule has 1 aliphatic rings. The Morgan fingerprint density at radius 2 is 2.00 bits per heavy atom. The van der Waals surface area contributed by atoms with Gasteiger partial charge in [0.25, 0.3) is 0 Å². The van der Waals surface area contributed by atoms with E-state index in [1.807, 2.05) is 11.8 Å². The average molecular weight is 190 g/mol. The molecule has 0 saturated carbocycles. The molecule has 0 spiro atoms. The Balaban J connectivity index is 2.05. The highest BCUT2D eigenvalue weighted by Gasteiger charge is 2.05. The van der Waals surface area contributed by atoms with E-state index < -0.39 is 0 Å². The van der Waals surface area contributed by atoms with Crippen molar-refractivity contribution in [2.75, 3.05) is 5.75 Å². The van der Waals surface area contributed by atoms with Crippen molar-refractivity contribution in [2.45, 2.75) is 19.8 Å². The number of thioether (sulfide) groups is 1. The summed E-state index contributed by atoms with van der Waals surface area (Å²) in [6, 6.07) is 8.86. The Bertz CT molecular complexity index is 308. The maximum absolute atomic E-state index is 2.32. The molecule has 1 aromatic carbocycles. The van der Waals surface area contributed by atoms with Crippen molar-refractivity contribution in [1.29, 1.82) is 0 Å². The normalized spacial score (nSPS) is 15.9. The quantitative estimate of drug-likeness (QED) is 0.687. The first-order valence-corrected chi connectivity index (χ1v) is 5.74. The van der Waals surface area contributed by atoms with Gasteiger partial charge < -0.3 is 0 Å². The molecular weight excluding hydrogens is 176 g/mol. The van der Waals surface area contributed by atoms with Crippen LogP contribution < -0.4 is 0 Å². The molecule has 0 aliphatic carbocycles. The summed E-state index contributed by atoms with van der Waals surface area (Å²) in [5.74, 6) is 1.28. The second-order valence-corrected chi connectivity index (χ2v) is 4.54. The van der Waals surface area contributed by atoms with Crippen LogP contribution in [0.25, 0.3) is 0 Å². The molecule has 0 aromatic heterocycles. The first kappa shape index (κ1) is 8.89. The molecule has 13 heavy (non-hydrogen) atoms. The summed E-state index contributed by atoms with van der Waals surface area (Å²) in [6.07, 6.45) is 2.42. The van der Waals surface area contributed by atoms with Gasteiger partial charge in [0.1, 0.15) is 0 Å². The minimum Gasteiger partial charge on any atom is -0.134 e. The fraction of sp³-hybridized carbons (Fsp3) is 0.333. The zero-order chi connectivity index (χ0) is 9.10. The minimum atomic E-state index is 1.15. The van der Waals surface area contributed by atoms with Gasteiger partial charge in [0.15, 0.2) is 0 Å². The van der Waals surface area contributed by atoms with Crippen molar-refractivity contribution in [1.82, 2.24) is 0 Å². The molecule has 0 bridgehead atoms. The summed E-state index contributed by atoms with van der Waals surface area (Å²) in [7, 11) is 0. The van der Waals surface area contributed by atoms with E-state index in [4.69, 9.17) is 0 Å².